The molecule has 0 radical (unpaired) electrons. The molecule has 104 valence electrons. The van der Waals surface area contributed by atoms with E-state index in [0.29, 0.717) is 25.3 Å². The first-order valence-electron chi connectivity index (χ1n) is 5.85. The number of nitrogens with one attached hydrogen (secondary N) is 1. The molecule has 0 fully saturated rings. The summed E-state index contributed by atoms with van der Waals surface area (Å²) in [7, 11) is 1.60. The molecule has 1 rings (SSSR count). The zero-order valence-corrected chi connectivity index (χ0v) is 12.3. The van der Waals surface area contributed by atoms with E-state index in [2.05, 4.69) is 27.3 Å². The van der Waals surface area contributed by atoms with Crippen molar-refractivity contribution in [2.45, 2.75) is 6.10 Å². The number of hydrogen-bond acceptors (Lipinski definition) is 5. The fraction of sp³-hybridized carbons (Fsp3) is 0.462. The first-order chi connectivity index (χ1) is 9.17. The van der Waals surface area contributed by atoms with Crippen molar-refractivity contribution in [2.24, 2.45) is 0 Å². The number of halogens is 1. The number of ether oxygens (including phenoxy) is 2. The molecule has 0 saturated carbocycles. The Morgan fingerprint density at radius 2 is 2.26 bits per heavy atom. The summed E-state index contributed by atoms with van der Waals surface area (Å²) in [6, 6.07) is 7.30. The summed E-state index contributed by atoms with van der Waals surface area (Å²) in [5.74, 6) is 0. The smallest absolute Gasteiger partial charge is 0.0992 e. The average molecular weight is 329 g/mol. The quantitative estimate of drug-likeness (QED) is 0.711. The highest BCUT2D eigenvalue weighted by atomic mass is 79.9. The Kier molecular flexibility index (Phi) is 7.45. The van der Waals surface area contributed by atoms with Crippen LogP contribution >= 0.6 is 15.9 Å². The van der Waals surface area contributed by atoms with Crippen molar-refractivity contribution in [1.82, 2.24) is 0 Å². The van der Waals surface area contributed by atoms with Gasteiger partial charge in [0, 0.05) is 23.8 Å². The molecule has 1 aromatic rings. The Morgan fingerprint density at radius 3 is 2.89 bits per heavy atom. The second kappa shape index (κ2) is 8.88. The van der Waals surface area contributed by atoms with E-state index in [1.54, 1.807) is 25.3 Å². The number of benzene rings is 1. The van der Waals surface area contributed by atoms with E-state index in [1.165, 1.54) is 0 Å². The van der Waals surface area contributed by atoms with Crippen LogP contribution in [0.15, 0.2) is 22.7 Å². The molecule has 0 aromatic heterocycles. The minimum Gasteiger partial charge on any atom is -0.389 e. The predicted molar refractivity (Wildman–Crippen MR) is 76.0 cm³/mol. The van der Waals surface area contributed by atoms with Crippen LogP contribution in [-0.4, -0.2) is 44.7 Å². The number of nitriles is 1. The van der Waals surface area contributed by atoms with Crippen molar-refractivity contribution >= 4 is 21.6 Å². The van der Waals surface area contributed by atoms with Gasteiger partial charge in [-0.05, 0) is 34.1 Å². The summed E-state index contributed by atoms with van der Waals surface area (Å²) in [4.78, 5) is 0. The van der Waals surface area contributed by atoms with Gasteiger partial charge in [0.1, 0.15) is 0 Å². The van der Waals surface area contributed by atoms with Crippen molar-refractivity contribution in [3.63, 3.8) is 0 Å². The van der Waals surface area contributed by atoms with E-state index >= 15 is 0 Å². The van der Waals surface area contributed by atoms with E-state index < -0.39 is 6.10 Å². The Balaban J connectivity index is 2.34. The SMILES string of the molecule is COCCOCC(O)CNc1ccc(C#N)cc1Br. The topological polar surface area (TPSA) is 74.5 Å². The van der Waals surface area contributed by atoms with Crippen molar-refractivity contribution < 1.29 is 14.6 Å². The second-order valence-electron chi connectivity index (χ2n) is 3.91. The van der Waals surface area contributed by atoms with Crippen molar-refractivity contribution in [2.75, 3.05) is 38.8 Å². The van der Waals surface area contributed by atoms with Crippen molar-refractivity contribution in [3.05, 3.63) is 28.2 Å². The summed E-state index contributed by atoms with van der Waals surface area (Å²) < 4.78 is 10.8. The number of anilines is 1. The van der Waals surface area contributed by atoms with Crippen LogP contribution in [0.5, 0.6) is 0 Å². The molecule has 5 nitrogen and oxygen atoms in total. The third-order valence-electron chi connectivity index (χ3n) is 2.37. The lowest BCUT2D eigenvalue weighted by Crippen LogP contribution is -2.25. The van der Waals surface area contributed by atoms with E-state index in [9.17, 15) is 5.11 Å². The lowest BCUT2D eigenvalue weighted by molar-refractivity contribution is 0.0182. The Labute approximate surface area is 121 Å². The maximum Gasteiger partial charge on any atom is 0.0992 e. The minimum absolute atomic E-state index is 0.254. The summed E-state index contributed by atoms with van der Waals surface area (Å²) in [5.41, 5.74) is 1.41. The normalized spacial score (nSPS) is 11.9. The molecule has 0 amide bonds. The fourth-order valence-corrected chi connectivity index (χ4v) is 1.90. The molecule has 0 aliphatic carbocycles. The molecule has 0 bridgehead atoms. The lowest BCUT2D eigenvalue weighted by atomic mass is 10.2. The summed E-state index contributed by atoms with van der Waals surface area (Å²) in [6.45, 7) is 1.61. The van der Waals surface area contributed by atoms with Gasteiger partial charge in [0.2, 0.25) is 0 Å². The van der Waals surface area contributed by atoms with E-state index in [4.69, 9.17) is 14.7 Å². The molecule has 1 aromatic carbocycles. The van der Waals surface area contributed by atoms with Gasteiger partial charge in [-0.3, -0.25) is 0 Å². The summed E-state index contributed by atoms with van der Waals surface area (Å²) in [6.07, 6.45) is -0.598. The van der Waals surface area contributed by atoms with Crippen LogP contribution in [0, 0.1) is 11.3 Å². The van der Waals surface area contributed by atoms with Crippen LogP contribution in [0.3, 0.4) is 0 Å². The second-order valence-corrected chi connectivity index (χ2v) is 4.76. The van der Waals surface area contributed by atoms with Gasteiger partial charge >= 0.3 is 0 Å². The van der Waals surface area contributed by atoms with E-state index in [0.717, 1.165) is 10.2 Å². The van der Waals surface area contributed by atoms with Crippen LogP contribution in [0.1, 0.15) is 5.56 Å². The number of nitrogens with zero attached hydrogens (tertiary/aromatic N) is 1. The van der Waals surface area contributed by atoms with Gasteiger partial charge in [-0.1, -0.05) is 0 Å². The van der Waals surface area contributed by atoms with Crippen LogP contribution in [0.2, 0.25) is 0 Å². The summed E-state index contributed by atoms with van der Waals surface area (Å²) >= 11 is 3.37. The fourth-order valence-electron chi connectivity index (χ4n) is 1.38. The van der Waals surface area contributed by atoms with Crippen LogP contribution in [0.4, 0.5) is 5.69 Å². The molecule has 0 aliphatic heterocycles. The van der Waals surface area contributed by atoms with Gasteiger partial charge < -0.3 is 19.9 Å². The average Bonchev–Trinajstić information content (AvgIpc) is 2.42. The monoisotopic (exact) mass is 328 g/mol. The number of hydrogen-bond donors (Lipinski definition) is 2. The number of methoxy groups -OCH3 is 1. The molecule has 2 N–H and O–H groups in total. The van der Waals surface area contributed by atoms with Crippen LogP contribution < -0.4 is 5.32 Å². The molecule has 0 aliphatic rings. The van der Waals surface area contributed by atoms with Gasteiger partial charge in [-0.25, -0.2) is 0 Å². The molecule has 6 heteroatoms. The first-order valence-corrected chi connectivity index (χ1v) is 6.65. The van der Waals surface area contributed by atoms with Gasteiger partial charge in [-0.2, -0.15) is 5.26 Å². The standard InChI is InChI=1S/C13H17BrN2O3/c1-18-4-5-19-9-11(17)8-16-13-3-2-10(7-15)6-12(13)14/h2-3,6,11,16-17H,4-5,8-9H2,1H3. The zero-order chi connectivity index (χ0) is 14.1. The zero-order valence-electron chi connectivity index (χ0n) is 10.7. The Bertz CT molecular complexity index is 434. The maximum atomic E-state index is 9.71. The summed E-state index contributed by atoms with van der Waals surface area (Å²) in [5, 5.41) is 21.5. The van der Waals surface area contributed by atoms with Crippen molar-refractivity contribution in [3.8, 4) is 6.07 Å². The highest BCUT2D eigenvalue weighted by Gasteiger charge is 2.06. The molecule has 1 atom stereocenters. The van der Waals surface area contributed by atoms with E-state index in [1.807, 2.05) is 0 Å². The molecule has 0 heterocycles. The largest absolute Gasteiger partial charge is 0.389 e. The lowest BCUT2D eigenvalue weighted by Gasteiger charge is -2.14. The maximum absolute atomic E-state index is 9.71. The number of aliphatic hydroxyl groups excluding tert-OH is 1. The predicted octanol–water partition coefficient (Wildman–Crippen LogP) is 1.76. The van der Waals surface area contributed by atoms with Gasteiger partial charge in [0.25, 0.3) is 0 Å². The highest BCUT2D eigenvalue weighted by molar-refractivity contribution is 9.10. The van der Waals surface area contributed by atoms with E-state index in [-0.39, 0.29) is 6.61 Å². The Hall–Kier alpha value is -1.13. The minimum atomic E-state index is -0.598. The first kappa shape index (κ1) is 15.9. The third-order valence-corrected chi connectivity index (χ3v) is 3.02. The van der Waals surface area contributed by atoms with Gasteiger partial charge in [0.05, 0.1) is 37.6 Å². The number of aliphatic hydroxyl groups is 1. The number of rotatable bonds is 8. The van der Waals surface area contributed by atoms with Gasteiger partial charge in [0.15, 0.2) is 0 Å². The highest BCUT2D eigenvalue weighted by Crippen LogP contribution is 2.23. The van der Waals surface area contributed by atoms with Crippen LogP contribution in [-0.2, 0) is 9.47 Å². The van der Waals surface area contributed by atoms with Crippen molar-refractivity contribution in [1.29, 1.82) is 5.26 Å². The molecular formula is C13H17BrN2O3. The van der Waals surface area contributed by atoms with Gasteiger partial charge in [-0.15, -0.1) is 0 Å². The molecular weight excluding hydrogens is 312 g/mol. The van der Waals surface area contributed by atoms with Crippen LogP contribution in [0.25, 0.3) is 0 Å². The molecule has 0 saturated heterocycles. The molecule has 19 heavy (non-hydrogen) atoms. The third kappa shape index (κ3) is 6.03. The molecule has 1 unspecified atom stereocenters. The Morgan fingerprint density at radius 1 is 1.47 bits per heavy atom. The molecule has 0 spiro atoms.